The second kappa shape index (κ2) is 8.25. The summed E-state index contributed by atoms with van der Waals surface area (Å²) < 4.78 is 5.57. The lowest BCUT2D eigenvalue weighted by molar-refractivity contribution is -0.144. The first kappa shape index (κ1) is 17.0. The van der Waals surface area contributed by atoms with Gasteiger partial charge in [0.1, 0.15) is 6.10 Å². The maximum absolute atomic E-state index is 12.2. The van der Waals surface area contributed by atoms with E-state index < -0.39 is 12.1 Å². The van der Waals surface area contributed by atoms with E-state index in [0.717, 1.165) is 19.3 Å². The van der Waals surface area contributed by atoms with E-state index in [-0.39, 0.29) is 18.2 Å². The zero-order chi connectivity index (χ0) is 15.1. The quantitative estimate of drug-likeness (QED) is 0.778. The van der Waals surface area contributed by atoms with Crippen LogP contribution in [-0.4, -0.2) is 47.7 Å². The molecular formula is C15H27NO4. The third kappa shape index (κ3) is 5.90. The zero-order valence-electron chi connectivity index (χ0n) is 12.8. The molecule has 0 aromatic carbocycles. The summed E-state index contributed by atoms with van der Waals surface area (Å²) >= 11 is 0. The Morgan fingerprint density at radius 2 is 1.85 bits per heavy atom. The molecule has 0 aromatic rings. The molecule has 1 aliphatic heterocycles. The van der Waals surface area contributed by atoms with Crippen LogP contribution >= 0.6 is 0 Å². The Morgan fingerprint density at radius 3 is 2.35 bits per heavy atom. The number of ether oxygens (including phenoxy) is 1. The molecule has 0 spiro atoms. The number of carboxylic acid groups (broad SMARTS) is 1. The minimum Gasteiger partial charge on any atom is -0.481 e. The Bertz CT molecular complexity index is 322. The predicted octanol–water partition coefficient (Wildman–Crippen LogP) is 2.15. The van der Waals surface area contributed by atoms with Gasteiger partial charge in [-0.2, -0.15) is 0 Å². The molecule has 0 bridgehead atoms. The second-order valence-corrected chi connectivity index (χ2v) is 6.06. The van der Waals surface area contributed by atoms with Gasteiger partial charge in [0.05, 0.1) is 0 Å². The zero-order valence-corrected chi connectivity index (χ0v) is 12.8. The fourth-order valence-corrected chi connectivity index (χ4v) is 2.41. The highest BCUT2D eigenvalue weighted by Crippen LogP contribution is 2.21. The number of likely N-dealkylation sites (tertiary alicyclic amines) is 1. The van der Waals surface area contributed by atoms with Crippen LogP contribution in [0, 0.1) is 11.8 Å². The van der Waals surface area contributed by atoms with E-state index in [9.17, 15) is 9.59 Å². The van der Waals surface area contributed by atoms with Gasteiger partial charge in [-0.3, -0.25) is 9.59 Å². The van der Waals surface area contributed by atoms with E-state index >= 15 is 0 Å². The van der Waals surface area contributed by atoms with E-state index in [1.807, 2.05) is 0 Å². The van der Waals surface area contributed by atoms with Gasteiger partial charge in [-0.15, -0.1) is 0 Å². The highest BCUT2D eigenvalue weighted by molar-refractivity contribution is 5.80. The molecule has 1 N–H and O–H groups in total. The van der Waals surface area contributed by atoms with E-state index in [1.165, 1.54) is 0 Å². The highest BCUT2D eigenvalue weighted by atomic mass is 16.5. The van der Waals surface area contributed by atoms with Crippen molar-refractivity contribution in [3.8, 4) is 0 Å². The van der Waals surface area contributed by atoms with Crippen molar-refractivity contribution in [1.29, 1.82) is 0 Å². The standard InChI is InChI=1S/C15H27NO4/c1-11(2)6-9-20-12(3)15(19)16-7-4-13(5-8-16)10-14(17)18/h11-13H,4-10H2,1-3H3,(H,17,18). The fourth-order valence-electron chi connectivity index (χ4n) is 2.41. The molecule has 116 valence electrons. The molecule has 0 radical (unpaired) electrons. The number of aliphatic carboxylic acids is 1. The highest BCUT2D eigenvalue weighted by Gasteiger charge is 2.27. The topological polar surface area (TPSA) is 66.8 Å². The molecule has 1 saturated heterocycles. The number of hydrogen-bond acceptors (Lipinski definition) is 3. The molecule has 20 heavy (non-hydrogen) atoms. The number of carbonyl (C=O) groups is 2. The summed E-state index contributed by atoms with van der Waals surface area (Å²) in [7, 11) is 0. The molecule has 1 amide bonds. The minimum atomic E-state index is -0.750. The van der Waals surface area contributed by atoms with Gasteiger partial charge in [-0.1, -0.05) is 13.8 Å². The van der Waals surface area contributed by atoms with Gasteiger partial charge in [-0.25, -0.2) is 0 Å². The summed E-state index contributed by atoms with van der Waals surface area (Å²) in [4.78, 5) is 24.7. The Kier molecular flexibility index (Phi) is 6.99. The van der Waals surface area contributed by atoms with Crippen molar-refractivity contribution in [2.45, 2.75) is 52.6 Å². The normalized spacial score (nSPS) is 18.3. The molecule has 1 atom stereocenters. The number of rotatable bonds is 7. The van der Waals surface area contributed by atoms with Crippen LogP contribution in [0.5, 0.6) is 0 Å². The Morgan fingerprint density at radius 1 is 1.25 bits per heavy atom. The first-order valence-corrected chi connectivity index (χ1v) is 7.52. The van der Waals surface area contributed by atoms with Gasteiger partial charge in [-0.05, 0) is 38.0 Å². The summed E-state index contributed by atoms with van der Waals surface area (Å²) in [5.41, 5.74) is 0. The maximum atomic E-state index is 12.2. The van der Waals surface area contributed by atoms with Crippen molar-refractivity contribution in [2.75, 3.05) is 19.7 Å². The van der Waals surface area contributed by atoms with E-state index in [0.29, 0.717) is 25.6 Å². The number of nitrogens with zero attached hydrogens (tertiary/aromatic N) is 1. The molecule has 1 unspecified atom stereocenters. The van der Waals surface area contributed by atoms with Gasteiger partial charge in [0, 0.05) is 26.1 Å². The molecule has 1 rings (SSSR count). The van der Waals surface area contributed by atoms with Crippen LogP contribution in [0.1, 0.15) is 46.5 Å². The van der Waals surface area contributed by atoms with Crippen LogP contribution in [0.25, 0.3) is 0 Å². The average Bonchev–Trinajstić information content (AvgIpc) is 2.37. The van der Waals surface area contributed by atoms with Gasteiger partial charge in [0.2, 0.25) is 0 Å². The van der Waals surface area contributed by atoms with E-state index in [2.05, 4.69) is 13.8 Å². The first-order valence-electron chi connectivity index (χ1n) is 7.52. The number of hydrogen-bond donors (Lipinski definition) is 1. The lowest BCUT2D eigenvalue weighted by atomic mass is 9.93. The minimum absolute atomic E-state index is 0.0301. The van der Waals surface area contributed by atoms with Crippen LogP contribution in [-0.2, 0) is 14.3 Å². The number of carbonyl (C=O) groups excluding carboxylic acids is 1. The molecular weight excluding hydrogens is 258 g/mol. The second-order valence-electron chi connectivity index (χ2n) is 6.06. The van der Waals surface area contributed by atoms with Crippen LogP contribution < -0.4 is 0 Å². The van der Waals surface area contributed by atoms with E-state index in [1.54, 1.807) is 11.8 Å². The number of carboxylic acids is 1. The van der Waals surface area contributed by atoms with Crippen molar-refractivity contribution >= 4 is 11.9 Å². The summed E-state index contributed by atoms with van der Waals surface area (Å²) in [6.07, 6.45) is 2.32. The van der Waals surface area contributed by atoms with Gasteiger partial charge in [0.15, 0.2) is 0 Å². The van der Waals surface area contributed by atoms with Crippen LogP contribution in [0.15, 0.2) is 0 Å². The lowest BCUT2D eigenvalue weighted by Crippen LogP contribution is -2.44. The van der Waals surface area contributed by atoms with Gasteiger partial charge < -0.3 is 14.7 Å². The fraction of sp³-hybridized carbons (Fsp3) is 0.867. The molecule has 1 fully saturated rings. The summed E-state index contributed by atoms with van der Waals surface area (Å²) in [6.45, 7) is 7.96. The van der Waals surface area contributed by atoms with E-state index in [4.69, 9.17) is 9.84 Å². The largest absolute Gasteiger partial charge is 0.481 e. The van der Waals surface area contributed by atoms with Crippen LogP contribution in [0.4, 0.5) is 0 Å². The van der Waals surface area contributed by atoms with Crippen molar-refractivity contribution < 1.29 is 19.4 Å². The van der Waals surface area contributed by atoms with Crippen molar-refractivity contribution in [1.82, 2.24) is 4.90 Å². The van der Waals surface area contributed by atoms with Crippen LogP contribution in [0.3, 0.4) is 0 Å². The Labute approximate surface area is 121 Å². The van der Waals surface area contributed by atoms with Gasteiger partial charge >= 0.3 is 5.97 Å². The van der Waals surface area contributed by atoms with Crippen molar-refractivity contribution in [2.24, 2.45) is 11.8 Å². The number of amides is 1. The lowest BCUT2D eigenvalue weighted by Gasteiger charge is -2.33. The third-order valence-electron chi connectivity index (χ3n) is 3.80. The molecule has 1 heterocycles. The molecule has 0 aliphatic carbocycles. The SMILES string of the molecule is CC(C)CCOC(C)C(=O)N1CCC(CC(=O)O)CC1. The summed E-state index contributed by atoms with van der Waals surface area (Å²) in [5.74, 6) is 0.0560. The average molecular weight is 285 g/mol. The molecule has 5 nitrogen and oxygen atoms in total. The first-order chi connectivity index (χ1) is 9.40. The van der Waals surface area contributed by atoms with Gasteiger partial charge in [0.25, 0.3) is 5.91 Å². The maximum Gasteiger partial charge on any atom is 0.303 e. The smallest absolute Gasteiger partial charge is 0.303 e. The summed E-state index contributed by atoms with van der Waals surface area (Å²) in [5, 5.41) is 8.77. The predicted molar refractivity (Wildman–Crippen MR) is 76.4 cm³/mol. The third-order valence-corrected chi connectivity index (χ3v) is 3.80. The number of piperidine rings is 1. The Balaban J connectivity index is 2.29. The molecule has 0 saturated carbocycles. The summed E-state index contributed by atoms with van der Waals surface area (Å²) in [6, 6.07) is 0. The van der Waals surface area contributed by atoms with Crippen molar-refractivity contribution in [3.05, 3.63) is 0 Å². The Hall–Kier alpha value is -1.10. The molecule has 5 heteroatoms. The molecule has 0 aromatic heterocycles. The van der Waals surface area contributed by atoms with Crippen LogP contribution in [0.2, 0.25) is 0 Å². The van der Waals surface area contributed by atoms with Crippen molar-refractivity contribution in [3.63, 3.8) is 0 Å². The monoisotopic (exact) mass is 285 g/mol. The molecule has 1 aliphatic rings.